The van der Waals surface area contributed by atoms with Gasteiger partial charge in [-0.3, -0.25) is 0 Å². The number of piperidine rings is 1. The number of nitrogens with zero attached hydrogens (tertiary/aromatic N) is 2. The van der Waals surface area contributed by atoms with Gasteiger partial charge >= 0.3 is 12.0 Å². The normalized spacial score (nSPS) is 18.6. The van der Waals surface area contributed by atoms with Crippen LogP contribution in [0.5, 0.6) is 0 Å². The SMILES string of the molecule is CCC1CCCCN1C(=O)Nc1cccnc1C(=O)O. The standard InChI is InChI=1S/C14H19N3O3/c1-2-10-6-3-4-9-17(10)14(20)16-11-7-5-8-15-12(11)13(18)19/h5,7-8,10H,2-4,6,9H2,1H3,(H,16,20)(H,18,19). The van der Waals surface area contributed by atoms with E-state index in [-0.39, 0.29) is 23.5 Å². The molecule has 1 aliphatic heterocycles. The molecule has 6 heteroatoms. The Bertz CT molecular complexity index is 504. The van der Waals surface area contributed by atoms with Crippen molar-refractivity contribution in [2.24, 2.45) is 0 Å². The van der Waals surface area contributed by atoms with Crippen LogP contribution in [-0.2, 0) is 0 Å². The van der Waals surface area contributed by atoms with Crippen molar-refractivity contribution in [2.45, 2.75) is 38.6 Å². The van der Waals surface area contributed by atoms with E-state index in [0.29, 0.717) is 6.54 Å². The van der Waals surface area contributed by atoms with Crippen LogP contribution in [0.3, 0.4) is 0 Å². The van der Waals surface area contributed by atoms with Crippen molar-refractivity contribution in [3.05, 3.63) is 24.0 Å². The number of carbonyl (C=O) groups is 2. The van der Waals surface area contributed by atoms with Gasteiger partial charge in [0.25, 0.3) is 0 Å². The third-order valence-corrected chi connectivity index (χ3v) is 3.61. The van der Waals surface area contributed by atoms with Crippen LogP contribution in [0.1, 0.15) is 43.1 Å². The number of hydrogen-bond donors (Lipinski definition) is 2. The maximum atomic E-state index is 12.3. The van der Waals surface area contributed by atoms with Gasteiger partial charge in [0.15, 0.2) is 5.69 Å². The van der Waals surface area contributed by atoms with Crippen molar-refractivity contribution in [1.82, 2.24) is 9.88 Å². The third-order valence-electron chi connectivity index (χ3n) is 3.61. The number of anilines is 1. The number of carbonyl (C=O) groups excluding carboxylic acids is 1. The van der Waals surface area contributed by atoms with Crippen LogP contribution in [0.25, 0.3) is 0 Å². The van der Waals surface area contributed by atoms with Gasteiger partial charge in [0, 0.05) is 18.8 Å². The van der Waals surface area contributed by atoms with Gasteiger partial charge in [-0.15, -0.1) is 0 Å². The summed E-state index contributed by atoms with van der Waals surface area (Å²) in [4.78, 5) is 29.0. The number of amides is 2. The summed E-state index contributed by atoms with van der Waals surface area (Å²) in [7, 11) is 0. The van der Waals surface area contributed by atoms with Gasteiger partial charge in [0.2, 0.25) is 0 Å². The van der Waals surface area contributed by atoms with E-state index in [1.54, 1.807) is 17.0 Å². The van der Waals surface area contributed by atoms with Gasteiger partial charge in [0.05, 0.1) is 5.69 Å². The first-order chi connectivity index (χ1) is 9.63. The first kappa shape index (κ1) is 14.3. The average Bonchev–Trinajstić information content (AvgIpc) is 2.47. The Morgan fingerprint density at radius 2 is 2.30 bits per heavy atom. The predicted molar refractivity (Wildman–Crippen MR) is 74.9 cm³/mol. The molecule has 1 saturated heterocycles. The van der Waals surface area contributed by atoms with Crippen molar-refractivity contribution in [3.8, 4) is 0 Å². The molecule has 1 atom stereocenters. The second-order valence-corrected chi connectivity index (χ2v) is 4.89. The second-order valence-electron chi connectivity index (χ2n) is 4.89. The summed E-state index contributed by atoms with van der Waals surface area (Å²) in [5, 5.41) is 11.7. The summed E-state index contributed by atoms with van der Waals surface area (Å²) in [6.07, 6.45) is 5.43. The molecule has 0 radical (unpaired) electrons. The summed E-state index contributed by atoms with van der Waals surface area (Å²) in [5.41, 5.74) is 0.108. The number of likely N-dealkylation sites (tertiary alicyclic amines) is 1. The van der Waals surface area contributed by atoms with E-state index in [1.165, 1.54) is 6.20 Å². The van der Waals surface area contributed by atoms with Crippen LogP contribution >= 0.6 is 0 Å². The lowest BCUT2D eigenvalue weighted by molar-refractivity contribution is 0.0691. The van der Waals surface area contributed by atoms with Crippen molar-refractivity contribution in [2.75, 3.05) is 11.9 Å². The number of carboxylic acids is 1. The fourth-order valence-electron chi connectivity index (χ4n) is 2.56. The molecule has 0 spiro atoms. The maximum Gasteiger partial charge on any atom is 0.356 e. The van der Waals surface area contributed by atoms with Gasteiger partial charge < -0.3 is 15.3 Å². The van der Waals surface area contributed by atoms with Crippen LogP contribution in [-0.4, -0.2) is 39.6 Å². The Labute approximate surface area is 117 Å². The molecule has 20 heavy (non-hydrogen) atoms. The molecule has 1 unspecified atom stereocenters. The van der Waals surface area contributed by atoms with Crippen LogP contribution in [0.15, 0.2) is 18.3 Å². The Morgan fingerprint density at radius 1 is 1.50 bits per heavy atom. The monoisotopic (exact) mass is 277 g/mol. The Hall–Kier alpha value is -2.11. The van der Waals surface area contributed by atoms with E-state index in [0.717, 1.165) is 25.7 Å². The van der Waals surface area contributed by atoms with Gasteiger partial charge in [0.1, 0.15) is 0 Å². The van der Waals surface area contributed by atoms with Gasteiger partial charge in [-0.1, -0.05) is 6.92 Å². The fraction of sp³-hybridized carbons (Fsp3) is 0.500. The molecule has 0 aromatic carbocycles. The topological polar surface area (TPSA) is 82.5 Å². The van der Waals surface area contributed by atoms with E-state index in [1.807, 2.05) is 0 Å². The molecule has 2 amide bonds. The lowest BCUT2D eigenvalue weighted by Crippen LogP contribution is -2.45. The number of pyridine rings is 1. The highest BCUT2D eigenvalue weighted by molar-refractivity contribution is 5.98. The zero-order valence-electron chi connectivity index (χ0n) is 11.5. The largest absolute Gasteiger partial charge is 0.476 e. The third kappa shape index (κ3) is 3.07. The first-order valence-electron chi connectivity index (χ1n) is 6.89. The van der Waals surface area contributed by atoms with Gasteiger partial charge in [-0.25, -0.2) is 14.6 Å². The predicted octanol–water partition coefficient (Wildman–Crippen LogP) is 2.58. The molecule has 1 aliphatic rings. The van der Waals surface area contributed by atoms with E-state index in [4.69, 9.17) is 5.11 Å². The molecule has 2 heterocycles. The lowest BCUT2D eigenvalue weighted by Gasteiger charge is -2.35. The van der Waals surface area contributed by atoms with Crippen molar-refractivity contribution < 1.29 is 14.7 Å². The molecule has 0 saturated carbocycles. The molecular weight excluding hydrogens is 258 g/mol. The molecule has 0 bridgehead atoms. The fourth-order valence-corrected chi connectivity index (χ4v) is 2.56. The highest BCUT2D eigenvalue weighted by Gasteiger charge is 2.26. The Morgan fingerprint density at radius 3 is 3.00 bits per heavy atom. The summed E-state index contributed by atoms with van der Waals surface area (Å²) in [6, 6.07) is 3.15. The Balaban J connectivity index is 2.13. The van der Waals surface area contributed by atoms with E-state index < -0.39 is 5.97 Å². The summed E-state index contributed by atoms with van der Waals surface area (Å²) in [6.45, 7) is 2.77. The van der Waals surface area contributed by atoms with Gasteiger partial charge in [-0.2, -0.15) is 0 Å². The van der Waals surface area contributed by atoms with E-state index in [2.05, 4.69) is 17.2 Å². The number of rotatable bonds is 3. The highest BCUT2D eigenvalue weighted by atomic mass is 16.4. The Kier molecular flexibility index (Phi) is 4.55. The molecule has 0 aliphatic carbocycles. The maximum absolute atomic E-state index is 12.3. The number of nitrogens with one attached hydrogen (secondary N) is 1. The molecule has 108 valence electrons. The molecular formula is C14H19N3O3. The number of aromatic nitrogens is 1. The van der Waals surface area contributed by atoms with Crippen LogP contribution in [0, 0.1) is 0 Å². The van der Waals surface area contributed by atoms with E-state index >= 15 is 0 Å². The minimum absolute atomic E-state index is 0.133. The van der Waals surface area contributed by atoms with Crippen molar-refractivity contribution in [3.63, 3.8) is 0 Å². The average molecular weight is 277 g/mol. The number of urea groups is 1. The summed E-state index contributed by atoms with van der Waals surface area (Å²) >= 11 is 0. The number of carboxylic acid groups (broad SMARTS) is 1. The minimum atomic E-state index is -1.15. The minimum Gasteiger partial charge on any atom is -0.476 e. The van der Waals surface area contributed by atoms with Crippen LogP contribution < -0.4 is 5.32 Å². The zero-order chi connectivity index (χ0) is 14.5. The second kappa shape index (κ2) is 6.36. The smallest absolute Gasteiger partial charge is 0.356 e. The summed E-state index contributed by atoms with van der Waals surface area (Å²) in [5.74, 6) is -1.15. The lowest BCUT2D eigenvalue weighted by atomic mass is 10.0. The number of aromatic carboxylic acids is 1. The molecule has 1 fully saturated rings. The van der Waals surface area contributed by atoms with Crippen LogP contribution in [0.2, 0.25) is 0 Å². The zero-order valence-corrected chi connectivity index (χ0v) is 11.5. The van der Waals surface area contributed by atoms with Crippen LogP contribution in [0.4, 0.5) is 10.5 Å². The highest BCUT2D eigenvalue weighted by Crippen LogP contribution is 2.21. The number of hydrogen-bond acceptors (Lipinski definition) is 3. The molecule has 1 aromatic rings. The van der Waals surface area contributed by atoms with E-state index in [9.17, 15) is 9.59 Å². The summed E-state index contributed by atoms with van der Waals surface area (Å²) < 4.78 is 0. The quantitative estimate of drug-likeness (QED) is 0.889. The van der Waals surface area contributed by atoms with Gasteiger partial charge in [-0.05, 0) is 37.8 Å². The van der Waals surface area contributed by atoms with Crippen molar-refractivity contribution >= 4 is 17.7 Å². The molecule has 2 N–H and O–H groups in total. The van der Waals surface area contributed by atoms with Crippen molar-refractivity contribution in [1.29, 1.82) is 0 Å². The molecule has 1 aromatic heterocycles. The molecule has 6 nitrogen and oxygen atoms in total. The first-order valence-corrected chi connectivity index (χ1v) is 6.89. The molecule has 2 rings (SSSR count).